The largest absolute Gasteiger partial charge is 0.481 e. The molecule has 0 aliphatic carbocycles. The monoisotopic (exact) mass is 225 g/mol. The lowest BCUT2D eigenvalue weighted by atomic mass is 9.74. The Morgan fingerprint density at radius 3 is 2.81 bits per heavy atom. The van der Waals surface area contributed by atoms with Gasteiger partial charge in [0, 0.05) is 13.1 Å². The molecule has 0 saturated carbocycles. The van der Waals surface area contributed by atoms with Crippen molar-refractivity contribution >= 4 is 5.97 Å². The van der Waals surface area contributed by atoms with Gasteiger partial charge in [-0.3, -0.25) is 9.69 Å². The van der Waals surface area contributed by atoms with E-state index in [0.29, 0.717) is 0 Å². The van der Waals surface area contributed by atoms with E-state index in [-0.39, 0.29) is 5.92 Å². The molecule has 0 amide bonds. The SMILES string of the molecule is C/C=C/CN1CCCC(C(C)(C)C(=O)O)C1. The number of rotatable bonds is 4. The van der Waals surface area contributed by atoms with E-state index in [1.54, 1.807) is 0 Å². The lowest BCUT2D eigenvalue weighted by molar-refractivity contribution is -0.151. The molecule has 0 spiro atoms. The number of allylic oxidation sites excluding steroid dienone is 1. The van der Waals surface area contributed by atoms with Crippen molar-refractivity contribution in [3.63, 3.8) is 0 Å². The molecule has 92 valence electrons. The Morgan fingerprint density at radius 2 is 2.25 bits per heavy atom. The maximum Gasteiger partial charge on any atom is 0.309 e. The van der Waals surface area contributed by atoms with Gasteiger partial charge in [-0.05, 0) is 46.1 Å². The first-order chi connectivity index (χ1) is 7.48. The van der Waals surface area contributed by atoms with Crippen molar-refractivity contribution in [2.24, 2.45) is 11.3 Å². The van der Waals surface area contributed by atoms with Crippen LogP contribution in [0.5, 0.6) is 0 Å². The van der Waals surface area contributed by atoms with Crippen LogP contribution in [0.3, 0.4) is 0 Å². The minimum absolute atomic E-state index is 0.268. The van der Waals surface area contributed by atoms with Gasteiger partial charge >= 0.3 is 5.97 Å². The van der Waals surface area contributed by atoms with Gasteiger partial charge in [0.15, 0.2) is 0 Å². The lowest BCUT2D eigenvalue weighted by Crippen LogP contribution is -2.44. The first-order valence-corrected chi connectivity index (χ1v) is 6.05. The maximum atomic E-state index is 11.2. The third-order valence-corrected chi connectivity index (χ3v) is 3.68. The van der Waals surface area contributed by atoms with E-state index in [4.69, 9.17) is 0 Å². The van der Waals surface area contributed by atoms with Gasteiger partial charge < -0.3 is 5.11 Å². The number of hydrogen-bond acceptors (Lipinski definition) is 2. The van der Waals surface area contributed by atoms with Crippen molar-refractivity contribution in [2.45, 2.75) is 33.6 Å². The summed E-state index contributed by atoms with van der Waals surface area (Å²) in [5.41, 5.74) is -0.603. The van der Waals surface area contributed by atoms with Gasteiger partial charge in [-0.2, -0.15) is 0 Å². The average molecular weight is 225 g/mol. The Kier molecular flexibility index (Phi) is 4.54. The minimum Gasteiger partial charge on any atom is -0.481 e. The van der Waals surface area contributed by atoms with E-state index in [1.807, 2.05) is 26.8 Å². The average Bonchev–Trinajstić information content (AvgIpc) is 2.26. The van der Waals surface area contributed by atoms with Crippen LogP contribution in [-0.4, -0.2) is 35.6 Å². The van der Waals surface area contributed by atoms with E-state index < -0.39 is 11.4 Å². The molecular weight excluding hydrogens is 202 g/mol. The van der Waals surface area contributed by atoms with Crippen molar-refractivity contribution in [3.05, 3.63) is 12.2 Å². The number of carboxylic acid groups (broad SMARTS) is 1. The van der Waals surface area contributed by atoms with Gasteiger partial charge in [-0.25, -0.2) is 0 Å². The highest BCUT2D eigenvalue weighted by molar-refractivity contribution is 5.74. The molecule has 1 fully saturated rings. The van der Waals surface area contributed by atoms with Crippen LogP contribution in [0.1, 0.15) is 33.6 Å². The predicted octanol–water partition coefficient (Wildman–Crippen LogP) is 2.39. The van der Waals surface area contributed by atoms with Crippen LogP contribution in [0.25, 0.3) is 0 Å². The van der Waals surface area contributed by atoms with Gasteiger partial charge in [0.2, 0.25) is 0 Å². The van der Waals surface area contributed by atoms with Crippen LogP contribution in [0.4, 0.5) is 0 Å². The number of carboxylic acids is 1. The predicted molar refractivity (Wildman–Crippen MR) is 65.4 cm³/mol. The van der Waals surface area contributed by atoms with Gasteiger partial charge in [0.1, 0.15) is 0 Å². The van der Waals surface area contributed by atoms with Crippen molar-refractivity contribution in [1.82, 2.24) is 4.90 Å². The minimum atomic E-state index is -0.676. The van der Waals surface area contributed by atoms with Crippen LogP contribution in [0, 0.1) is 11.3 Å². The summed E-state index contributed by atoms with van der Waals surface area (Å²) in [6.07, 6.45) is 6.33. The second-order valence-corrected chi connectivity index (χ2v) is 5.19. The number of nitrogens with zero attached hydrogens (tertiary/aromatic N) is 1. The highest BCUT2D eigenvalue weighted by atomic mass is 16.4. The normalized spacial score (nSPS) is 23.8. The molecule has 1 unspecified atom stereocenters. The van der Waals surface area contributed by atoms with Gasteiger partial charge in [0.25, 0.3) is 0 Å². The number of aliphatic carboxylic acids is 1. The first-order valence-electron chi connectivity index (χ1n) is 6.05. The van der Waals surface area contributed by atoms with Crippen LogP contribution in [0.2, 0.25) is 0 Å². The van der Waals surface area contributed by atoms with Gasteiger partial charge in [-0.1, -0.05) is 12.2 Å². The van der Waals surface area contributed by atoms with Gasteiger partial charge in [-0.15, -0.1) is 0 Å². The fourth-order valence-corrected chi connectivity index (χ4v) is 2.24. The molecule has 1 aliphatic rings. The first kappa shape index (κ1) is 13.2. The van der Waals surface area contributed by atoms with Crippen LogP contribution in [-0.2, 0) is 4.79 Å². The lowest BCUT2D eigenvalue weighted by Gasteiger charge is -2.38. The fourth-order valence-electron chi connectivity index (χ4n) is 2.24. The van der Waals surface area contributed by atoms with Crippen molar-refractivity contribution in [2.75, 3.05) is 19.6 Å². The highest BCUT2D eigenvalue weighted by Gasteiger charge is 2.38. The zero-order valence-corrected chi connectivity index (χ0v) is 10.6. The van der Waals surface area contributed by atoms with Crippen LogP contribution < -0.4 is 0 Å². The summed E-state index contributed by atoms with van der Waals surface area (Å²) >= 11 is 0. The molecule has 1 aliphatic heterocycles. The molecular formula is C13H23NO2. The second kappa shape index (κ2) is 5.48. The zero-order valence-electron chi connectivity index (χ0n) is 10.6. The third kappa shape index (κ3) is 3.08. The van der Waals surface area contributed by atoms with E-state index in [1.165, 1.54) is 0 Å². The summed E-state index contributed by atoms with van der Waals surface area (Å²) in [4.78, 5) is 13.6. The quantitative estimate of drug-likeness (QED) is 0.747. The zero-order chi connectivity index (χ0) is 12.2. The molecule has 1 rings (SSSR count). The molecule has 3 nitrogen and oxygen atoms in total. The molecule has 0 aromatic heterocycles. The molecule has 1 atom stereocenters. The van der Waals surface area contributed by atoms with E-state index in [0.717, 1.165) is 32.5 Å². The summed E-state index contributed by atoms with van der Waals surface area (Å²) in [5, 5.41) is 9.22. The third-order valence-electron chi connectivity index (χ3n) is 3.68. The van der Waals surface area contributed by atoms with Crippen molar-refractivity contribution in [1.29, 1.82) is 0 Å². The number of piperidine rings is 1. The number of likely N-dealkylation sites (tertiary alicyclic amines) is 1. The summed E-state index contributed by atoms with van der Waals surface area (Å²) in [5.74, 6) is -0.408. The molecule has 0 aromatic rings. The van der Waals surface area contributed by atoms with E-state index in [2.05, 4.69) is 11.0 Å². The molecule has 1 saturated heterocycles. The smallest absolute Gasteiger partial charge is 0.309 e. The number of carbonyl (C=O) groups is 1. The fraction of sp³-hybridized carbons (Fsp3) is 0.769. The Balaban J connectivity index is 2.59. The highest BCUT2D eigenvalue weighted by Crippen LogP contribution is 2.34. The Morgan fingerprint density at radius 1 is 1.56 bits per heavy atom. The molecule has 1 N–H and O–H groups in total. The Hall–Kier alpha value is -0.830. The maximum absolute atomic E-state index is 11.2. The van der Waals surface area contributed by atoms with Gasteiger partial charge in [0.05, 0.1) is 5.41 Å². The molecule has 3 heteroatoms. The topological polar surface area (TPSA) is 40.5 Å². The summed E-state index contributed by atoms with van der Waals surface area (Å²) in [7, 11) is 0. The standard InChI is InChI=1S/C13H23NO2/c1-4-5-8-14-9-6-7-11(10-14)13(2,3)12(15)16/h4-5,11H,6-10H2,1-3H3,(H,15,16)/b5-4+. The van der Waals surface area contributed by atoms with E-state index in [9.17, 15) is 9.90 Å². The Bertz CT molecular complexity index is 271. The Labute approximate surface area is 98.1 Å². The summed E-state index contributed by atoms with van der Waals surface area (Å²) in [6, 6.07) is 0. The molecule has 0 aromatic carbocycles. The molecule has 0 bridgehead atoms. The molecule has 0 radical (unpaired) electrons. The van der Waals surface area contributed by atoms with Crippen LogP contribution >= 0.6 is 0 Å². The van der Waals surface area contributed by atoms with Crippen molar-refractivity contribution < 1.29 is 9.90 Å². The summed E-state index contributed by atoms with van der Waals surface area (Å²) < 4.78 is 0. The molecule has 16 heavy (non-hydrogen) atoms. The van der Waals surface area contributed by atoms with Crippen LogP contribution in [0.15, 0.2) is 12.2 Å². The van der Waals surface area contributed by atoms with Crippen molar-refractivity contribution in [3.8, 4) is 0 Å². The number of hydrogen-bond donors (Lipinski definition) is 1. The van der Waals surface area contributed by atoms with E-state index >= 15 is 0 Å². The second-order valence-electron chi connectivity index (χ2n) is 5.19. The summed E-state index contributed by atoms with van der Waals surface area (Å²) in [6.45, 7) is 8.66. The molecule has 1 heterocycles.